The van der Waals surface area contributed by atoms with Crippen molar-refractivity contribution in [3.05, 3.63) is 63.8 Å². The summed E-state index contributed by atoms with van der Waals surface area (Å²) >= 11 is 3.51. The number of fused-ring (bicyclic) bond motifs is 1. The summed E-state index contributed by atoms with van der Waals surface area (Å²) in [6.45, 7) is 1.82. The number of para-hydroxylation sites is 2. The Balaban J connectivity index is 1.78. The molecule has 1 amide bonds. The Morgan fingerprint density at radius 1 is 1.17 bits per heavy atom. The van der Waals surface area contributed by atoms with Crippen LogP contribution in [0.5, 0.6) is 11.5 Å². The zero-order valence-electron chi connectivity index (χ0n) is 16.5. The number of carbonyl (C=O) groups excluding carboxylic acids is 1. The van der Waals surface area contributed by atoms with Gasteiger partial charge in [-0.05, 0) is 63.1 Å². The van der Waals surface area contributed by atoms with Crippen LogP contribution >= 0.6 is 15.9 Å². The van der Waals surface area contributed by atoms with E-state index in [1.165, 1.54) is 0 Å². The number of halogens is 1. The summed E-state index contributed by atoms with van der Waals surface area (Å²) in [4.78, 5) is 13.4. The highest BCUT2D eigenvalue weighted by Gasteiger charge is 2.34. The van der Waals surface area contributed by atoms with E-state index >= 15 is 0 Å². The van der Waals surface area contributed by atoms with Crippen molar-refractivity contribution in [1.82, 2.24) is 20.2 Å². The van der Waals surface area contributed by atoms with Crippen molar-refractivity contribution in [3.8, 4) is 11.5 Å². The van der Waals surface area contributed by atoms with Gasteiger partial charge >= 0.3 is 0 Å². The molecule has 30 heavy (non-hydrogen) atoms. The van der Waals surface area contributed by atoms with Crippen molar-refractivity contribution in [2.75, 3.05) is 24.9 Å². The number of ether oxygens (including phenoxy) is 2. The third-order valence-electron chi connectivity index (χ3n) is 4.81. The van der Waals surface area contributed by atoms with Gasteiger partial charge in [-0.15, -0.1) is 0 Å². The summed E-state index contributed by atoms with van der Waals surface area (Å²) in [5, 5.41) is 17.9. The zero-order valence-corrected chi connectivity index (χ0v) is 18.1. The molecule has 154 valence electrons. The number of aromatic nitrogens is 4. The number of hydrogen-bond donors (Lipinski definition) is 2. The molecule has 10 heteroatoms. The van der Waals surface area contributed by atoms with Crippen LogP contribution in [-0.4, -0.2) is 40.3 Å². The van der Waals surface area contributed by atoms with Crippen molar-refractivity contribution in [2.45, 2.75) is 13.0 Å². The Kier molecular flexibility index (Phi) is 5.40. The molecule has 2 heterocycles. The van der Waals surface area contributed by atoms with Crippen molar-refractivity contribution in [2.24, 2.45) is 0 Å². The van der Waals surface area contributed by atoms with Gasteiger partial charge in [0, 0.05) is 5.70 Å². The van der Waals surface area contributed by atoms with E-state index in [0.717, 1.165) is 10.0 Å². The smallest absolute Gasteiger partial charge is 0.255 e. The molecule has 3 aromatic rings. The molecule has 1 atom stereocenters. The van der Waals surface area contributed by atoms with Gasteiger partial charge in [0.1, 0.15) is 17.5 Å². The lowest BCUT2D eigenvalue weighted by Crippen LogP contribution is -2.31. The van der Waals surface area contributed by atoms with Crippen molar-refractivity contribution in [1.29, 1.82) is 0 Å². The van der Waals surface area contributed by atoms with Crippen molar-refractivity contribution >= 4 is 33.5 Å². The predicted octanol–water partition coefficient (Wildman–Crippen LogP) is 3.38. The van der Waals surface area contributed by atoms with Crippen molar-refractivity contribution < 1.29 is 14.3 Å². The van der Waals surface area contributed by atoms with Gasteiger partial charge in [0.05, 0.1) is 30.0 Å². The normalized spacial score (nSPS) is 15.3. The number of nitrogens with one attached hydrogen (secondary N) is 2. The first kappa shape index (κ1) is 19.9. The molecule has 1 aliphatic heterocycles. The number of hydrogen-bond acceptors (Lipinski definition) is 7. The highest BCUT2D eigenvalue weighted by Crippen LogP contribution is 2.38. The molecule has 2 N–H and O–H groups in total. The second-order valence-electron chi connectivity index (χ2n) is 6.56. The van der Waals surface area contributed by atoms with Gasteiger partial charge in [0.25, 0.3) is 5.91 Å². The van der Waals surface area contributed by atoms with Crippen molar-refractivity contribution in [3.63, 3.8) is 0 Å². The van der Waals surface area contributed by atoms with E-state index in [4.69, 9.17) is 9.47 Å². The van der Waals surface area contributed by atoms with Crippen LogP contribution < -0.4 is 20.1 Å². The Labute approximate surface area is 181 Å². The highest BCUT2D eigenvalue weighted by atomic mass is 79.9. The molecule has 2 aromatic carbocycles. The Morgan fingerprint density at radius 3 is 2.67 bits per heavy atom. The van der Waals surface area contributed by atoms with Crippen LogP contribution in [0.1, 0.15) is 18.5 Å². The quantitative estimate of drug-likeness (QED) is 0.588. The number of methoxy groups -OCH3 is 2. The first-order valence-electron chi connectivity index (χ1n) is 9.07. The Bertz CT molecular complexity index is 1140. The summed E-state index contributed by atoms with van der Waals surface area (Å²) in [5.74, 6) is 1.42. The van der Waals surface area contributed by atoms with Gasteiger partial charge in [-0.3, -0.25) is 4.79 Å². The zero-order chi connectivity index (χ0) is 21.3. The third kappa shape index (κ3) is 3.50. The minimum absolute atomic E-state index is 0.289. The summed E-state index contributed by atoms with van der Waals surface area (Å²) in [7, 11) is 3.16. The number of benzene rings is 2. The lowest BCUT2D eigenvalue weighted by molar-refractivity contribution is -0.113. The number of anilines is 2. The number of nitrogens with zero attached hydrogens (tertiary/aromatic N) is 4. The van der Waals surface area contributed by atoms with Crippen LogP contribution in [0.25, 0.3) is 0 Å². The lowest BCUT2D eigenvalue weighted by Gasteiger charge is -2.28. The average Bonchev–Trinajstić information content (AvgIpc) is 3.21. The molecule has 0 fully saturated rings. The van der Waals surface area contributed by atoms with E-state index in [-0.39, 0.29) is 5.91 Å². The van der Waals surface area contributed by atoms with Crippen LogP contribution in [0, 0.1) is 0 Å². The van der Waals surface area contributed by atoms with E-state index in [0.29, 0.717) is 34.4 Å². The summed E-state index contributed by atoms with van der Waals surface area (Å²) in [6, 6.07) is 12.3. The van der Waals surface area contributed by atoms with Crippen LogP contribution in [-0.2, 0) is 4.79 Å². The lowest BCUT2D eigenvalue weighted by atomic mass is 9.95. The molecule has 0 unspecified atom stereocenters. The van der Waals surface area contributed by atoms with E-state index in [2.05, 4.69) is 42.1 Å². The molecule has 1 aliphatic rings. The number of allylic oxidation sites excluding steroid dienone is 1. The van der Waals surface area contributed by atoms with Gasteiger partial charge < -0.3 is 20.1 Å². The maximum absolute atomic E-state index is 13.4. The number of tetrazole rings is 1. The second kappa shape index (κ2) is 8.15. The Morgan fingerprint density at radius 2 is 1.93 bits per heavy atom. The molecule has 0 aliphatic carbocycles. The minimum atomic E-state index is -0.534. The van der Waals surface area contributed by atoms with E-state index in [1.807, 2.05) is 37.3 Å². The van der Waals surface area contributed by atoms with E-state index in [9.17, 15) is 4.79 Å². The Hall–Kier alpha value is -3.40. The monoisotopic (exact) mass is 470 g/mol. The van der Waals surface area contributed by atoms with Crippen LogP contribution in [0.2, 0.25) is 0 Å². The van der Waals surface area contributed by atoms with Crippen LogP contribution in [0.4, 0.5) is 11.6 Å². The summed E-state index contributed by atoms with van der Waals surface area (Å²) in [6.07, 6.45) is 0. The molecule has 0 saturated carbocycles. The fourth-order valence-electron chi connectivity index (χ4n) is 3.40. The predicted molar refractivity (Wildman–Crippen MR) is 115 cm³/mol. The standard InChI is InChI=1S/C20H19BrN6O3/c1-11-17(19(28)23-14-6-4-5-7-16(14)30-3)18(27-20(22-11)24-25-26-27)12-8-9-15(29-2)13(21)10-12/h4-10,18H,1-3H3,(H,23,28)(H,22,24,26)/t18-/m1/s1. The molecular formula is C20H19BrN6O3. The molecule has 1 aromatic heterocycles. The highest BCUT2D eigenvalue weighted by molar-refractivity contribution is 9.10. The van der Waals surface area contributed by atoms with Gasteiger partial charge in [-0.2, -0.15) is 4.68 Å². The van der Waals surface area contributed by atoms with E-state index in [1.54, 1.807) is 31.0 Å². The molecular weight excluding hydrogens is 452 g/mol. The number of rotatable bonds is 5. The fraction of sp³-hybridized carbons (Fsp3) is 0.200. The first-order valence-corrected chi connectivity index (χ1v) is 9.86. The third-order valence-corrected chi connectivity index (χ3v) is 5.43. The first-order chi connectivity index (χ1) is 14.5. The maximum atomic E-state index is 13.4. The summed E-state index contributed by atoms with van der Waals surface area (Å²) in [5.41, 5.74) is 2.53. The molecule has 9 nitrogen and oxygen atoms in total. The van der Waals surface area contributed by atoms with Gasteiger partial charge in [0.15, 0.2) is 0 Å². The SMILES string of the molecule is COc1ccc([C@@H]2C(C(=O)Nc3ccccc3OC)=C(C)Nc3nnnn32)cc1Br. The van der Waals surface area contributed by atoms with Crippen LogP contribution in [0.3, 0.4) is 0 Å². The van der Waals surface area contributed by atoms with Crippen LogP contribution in [0.15, 0.2) is 58.2 Å². The summed E-state index contributed by atoms with van der Waals surface area (Å²) < 4.78 is 13.0. The van der Waals surface area contributed by atoms with Gasteiger partial charge in [-0.1, -0.05) is 23.3 Å². The maximum Gasteiger partial charge on any atom is 0.255 e. The molecule has 0 bridgehead atoms. The average molecular weight is 471 g/mol. The molecule has 0 spiro atoms. The van der Waals surface area contributed by atoms with Gasteiger partial charge in [-0.25, -0.2) is 0 Å². The topological polar surface area (TPSA) is 103 Å². The molecule has 0 saturated heterocycles. The second-order valence-corrected chi connectivity index (χ2v) is 7.42. The molecule has 0 radical (unpaired) electrons. The van der Waals surface area contributed by atoms with E-state index < -0.39 is 6.04 Å². The molecule has 4 rings (SSSR count). The minimum Gasteiger partial charge on any atom is -0.496 e. The fourth-order valence-corrected chi connectivity index (χ4v) is 3.96. The van der Waals surface area contributed by atoms with Gasteiger partial charge in [0.2, 0.25) is 5.95 Å². The largest absolute Gasteiger partial charge is 0.496 e. The number of carbonyl (C=O) groups is 1. The number of amides is 1.